The van der Waals surface area contributed by atoms with E-state index in [1.807, 2.05) is 0 Å². The van der Waals surface area contributed by atoms with E-state index in [1.165, 1.54) is 6.20 Å². The number of ether oxygens (including phenoxy) is 1. The molecule has 0 aromatic carbocycles. The van der Waals surface area contributed by atoms with Crippen molar-refractivity contribution in [1.29, 1.82) is 0 Å². The van der Waals surface area contributed by atoms with Crippen LogP contribution in [-0.4, -0.2) is 16.9 Å². The topological polar surface area (TPSA) is 56.3 Å². The first kappa shape index (κ1) is 8.19. The molecule has 13 heavy (non-hydrogen) atoms. The predicted octanol–water partition coefficient (Wildman–Crippen LogP) is 1.35. The molecule has 2 heterocycles. The van der Waals surface area contributed by atoms with Gasteiger partial charge in [-0.2, -0.15) is 0 Å². The maximum atomic E-state index is 11.1. The molecule has 0 aliphatic carbocycles. The molecule has 1 aromatic heterocycles. The second-order valence-electron chi connectivity index (χ2n) is 2.63. The lowest BCUT2D eigenvalue weighted by molar-refractivity contribution is 0.0441. The zero-order valence-electron chi connectivity index (χ0n) is 6.63. The van der Waals surface area contributed by atoms with Crippen molar-refractivity contribution in [3.8, 4) is 0 Å². The number of aromatic nitrogens is 1. The van der Waals surface area contributed by atoms with Crippen LogP contribution in [0.15, 0.2) is 6.20 Å². The summed E-state index contributed by atoms with van der Waals surface area (Å²) in [5.74, 6) is -1.38. The Kier molecular flexibility index (Phi) is 1.60. The molecule has 0 saturated heterocycles. The van der Waals surface area contributed by atoms with Crippen LogP contribution in [0.1, 0.15) is 26.4 Å². The maximum absolute atomic E-state index is 11.1. The molecule has 1 aromatic rings. The van der Waals surface area contributed by atoms with Crippen molar-refractivity contribution in [1.82, 2.24) is 4.98 Å². The number of halogens is 1. The van der Waals surface area contributed by atoms with Gasteiger partial charge in [-0.1, -0.05) is 11.6 Å². The van der Waals surface area contributed by atoms with E-state index in [0.717, 1.165) is 0 Å². The summed E-state index contributed by atoms with van der Waals surface area (Å²) in [4.78, 5) is 25.8. The Morgan fingerprint density at radius 2 is 2.08 bits per heavy atom. The number of hydrogen-bond donors (Lipinski definition) is 0. The largest absolute Gasteiger partial charge is 0.384 e. The molecule has 1 aliphatic rings. The Hall–Kier alpha value is -1.42. The highest BCUT2D eigenvalue weighted by Gasteiger charge is 2.33. The first-order valence-electron chi connectivity index (χ1n) is 3.53. The van der Waals surface area contributed by atoms with Crippen molar-refractivity contribution in [2.24, 2.45) is 0 Å². The highest BCUT2D eigenvalue weighted by Crippen LogP contribution is 2.26. The molecule has 0 fully saturated rings. The van der Waals surface area contributed by atoms with E-state index in [2.05, 4.69) is 9.72 Å². The van der Waals surface area contributed by atoms with E-state index < -0.39 is 11.9 Å². The quantitative estimate of drug-likeness (QED) is 0.465. The summed E-state index contributed by atoms with van der Waals surface area (Å²) in [6, 6.07) is 0. The number of carbonyl (C=O) groups is 2. The maximum Gasteiger partial charge on any atom is 0.365 e. The van der Waals surface area contributed by atoms with Crippen molar-refractivity contribution >= 4 is 23.5 Å². The minimum atomic E-state index is -0.709. The number of carbonyl (C=O) groups excluding carboxylic acids is 2. The van der Waals surface area contributed by atoms with Gasteiger partial charge in [0.15, 0.2) is 5.69 Å². The van der Waals surface area contributed by atoms with E-state index in [4.69, 9.17) is 11.6 Å². The first-order valence-corrected chi connectivity index (χ1v) is 3.90. The first-order chi connectivity index (χ1) is 6.11. The monoisotopic (exact) mass is 197 g/mol. The molecule has 0 saturated carbocycles. The van der Waals surface area contributed by atoms with Gasteiger partial charge in [-0.3, -0.25) is 0 Å². The lowest BCUT2D eigenvalue weighted by Crippen LogP contribution is -1.98. The summed E-state index contributed by atoms with van der Waals surface area (Å²) < 4.78 is 4.37. The second-order valence-corrected chi connectivity index (χ2v) is 3.04. The van der Waals surface area contributed by atoms with Gasteiger partial charge in [-0.15, -0.1) is 0 Å². The lowest BCUT2D eigenvalue weighted by Gasteiger charge is -1.98. The second kappa shape index (κ2) is 2.53. The van der Waals surface area contributed by atoms with Crippen molar-refractivity contribution in [2.45, 2.75) is 6.92 Å². The number of cyclic esters (lactones) is 2. The van der Waals surface area contributed by atoms with E-state index in [1.54, 1.807) is 6.92 Å². The fourth-order valence-corrected chi connectivity index (χ4v) is 1.31. The zero-order valence-corrected chi connectivity index (χ0v) is 7.38. The predicted molar refractivity (Wildman–Crippen MR) is 43.7 cm³/mol. The van der Waals surface area contributed by atoms with Gasteiger partial charge in [0, 0.05) is 6.20 Å². The van der Waals surface area contributed by atoms with E-state index in [0.29, 0.717) is 10.6 Å². The van der Waals surface area contributed by atoms with Crippen LogP contribution in [-0.2, 0) is 4.74 Å². The molecule has 4 nitrogen and oxygen atoms in total. The summed E-state index contributed by atoms with van der Waals surface area (Å²) in [5, 5.41) is 0.352. The van der Waals surface area contributed by atoms with Crippen LogP contribution in [0.2, 0.25) is 5.02 Å². The Labute approximate surface area is 78.5 Å². The van der Waals surface area contributed by atoms with Gasteiger partial charge in [0.2, 0.25) is 0 Å². The van der Waals surface area contributed by atoms with Crippen molar-refractivity contribution in [2.75, 3.05) is 0 Å². The standard InChI is InChI=1S/C8H4ClNO3/c1-3-4(9)2-10-6-5(3)7(11)13-8(6)12/h2H,1H3. The normalized spacial score (nSPS) is 14.3. The summed E-state index contributed by atoms with van der Waals surface area (Å²) in [6.07, 6.45) is 1.33. The highest BCUT2D eigenvalue weighted by molar-refractivity contribution is 6.32. The number of hydrogen-bond acceptors (Lipinski definition) is 4. The fourth-order valence-electron chi connectivity index (χ4n) is 1.17. The molecular weight excluding hydrogens is 194 g/mol. The van der Waals surface area contributed by atoms with Gasteiger partial charge in [0.1, 0.15) is 0 Å². The third-order valence-corrected chi connectivity index (χ3v) is 2.24. The van der Waals surface area contributed by atoms with Crippen LogP contribution in [0.3, 0.4) is 0 Å². The van der Waals surface area contributed by atoms with E-state index >= 15 is 0 Å². The Bertz CT molecular complexity index is 428. The highest BCUT2D eigenvalue weighted by atomic mass is 35.5. The van der Waals surface area contributed by atoms with Gasteiger partial charge in [-0.05, 0) is 12.5 Å². The molecule has 1 aliphatic heterocycles. The number of rotatable bonds is 0. The average Bonchev–Trinajstić information content (AvgIpc) is 2.35. The summed E-state index contributed by atoms with van der Waals surface area (Å²) in [5.41, 5.74) is 0.756. The molecule has 66 valence electrons. The molecule has 0 bridgehead atoms. The Balaban J connectivity index is 2.78. The zero-order chi connectivity index (χ0) is 9.59. The molecule has 2 rings (SSSR count). The van der Waals surface area contributed by atoms with E-state index in [9.17, 15) is 9.59 Å². The van der Waals surface area contributed by atoms with Crippen LogP contribution >= 0.6 is 11.6 Å². The summed E-state index contributed by atoms with van der Waals surface area (Å²) in [7, 11) is 0. The minimum absolute atomic E-state index is 0.0481. The lowest BCUT2D eigenvalue weighted by atomic mass is 10.1. The van der Waals surface area contributed by atoms with Crippen LogP contribution in [0.5, 0.6) is 0 Å². The number of pyridine rings is 1. The van der Waals surface area contributed by atoms with Gasteiger partial charge >= 0.3 is 11.9 Å². The van der Waals surface area contributed by atoms with Gasteiger partial charge in [0.05, 0.1) is 10.6 Å². The summed E-state index contributed by atoms with van der Waals surface area (Å²) >= 11 is 5.72. The molecule has 0 spiro atoms. The van der Waals surface area contributed by atoms with Gasteiger partial charge in [-0.25, -0.2) is 14.6 Å². The fraction of sp³-hybridized carbons (Fsp3) is 0.125. The van der Waals surface area contributed by atoms with Crippen LogP contribution < -0.4 is 0 Å². The third kappa shape index (κ3) is 1.02. The Morgan fingerprint density at radius 1 is 1.38 bits per heavy atom. The minimum Gasteiger partial charge on any atom is -0.384 e. The van der Waals surface area contributed by atoms with Crippen LogP contribution in [0, 0.1) is 6.92 Å². The van der Waals surface area contributed by atoms with Gasteiger partial charge < -0.3 is 4.74 Å². The molecule has 0 unspecified atom stereocenters. The summed E-state index contributed by atoms with van der Waals surface area (Å²) in [6.45, 7) is 1.64. The molecular formula is C8H4ClNO3. The molecule has 5 heteroatoms. The molecule has 0 atom stereocenters. The third-order valence-electron chi connectivity index (χ3n) is 1.86. The van der Waals surface area contributed by atoms with Crippen molar-refractivity contribution in [3.05, 3.63) is 28.0 Å². The average molecular weight is 198 g/mol. The van der Waals surface area contributed by atoms with Gasteiger partial charge in [0.25, 0.3) is 0 Å². The van der Waals surface area contributed by atoms with Crippen LogP contribution in [0.25, 0.3) is 0 Å². The van der Waals surface area contributed by atoms with E-state index in [-0.39, 0.29) is 11.3 Å². The Morgan fingerprint density at radius 3 is 2.77 bits per heavy atom. The smallest absolute Gasteiger partial charge is 0.365 e. The van der Waals surface area contributed by atoms with Crippen molar-refractivity contribution < 1.29 is 14.3 Å². The molecule has 0 N–H and O–H groups in total. The molecule has 0 amide bonds. The molecule has 0 radical (unpaired) electrons. The van der Waals surface area contributed by atoms with Crippen molar-refractivity contribution in [3.63, 3.8) is 0 Å². The number of nitrogens with zero attached hydrogens (tertiary/aromatic N) is 1. The number of esters is 2. The number of fused-ring (bicyclic) bond motifs is 1. The van der Waals surface area contributed by atoms with Crippen LogP contribution in [0.4, 0.5) is 0 Å². The SMILES string of the molecule is Cc1c(Cl)cnc2c1C(=O)OC2=O.